The van der Waals surface area contributed by atoms with Crippen LogP contribution in [0.5, 0.6) is 0 Å². The number of rotatable bonds is 8. The molecule has 2 saturated heterocycles. The Kier molecular flexibility index (Phi) is 7.73. The van der Waals surface area contributed by atoms with Gasteiger partial charge in [0.15, 0.2) is 0 Å². The van der Waals surface area contributed by atoms with Gasteiger partial charge in [0.05, 0.1) is 17.9 Å². The molecule has 222 valence electrons. The van der Waals surface area contributed by atoms with E-state index in [1.807, 2.05) is 66.7 Å². The van der Waals surface area contributed by atoms with Crippen molar-refractivity contribution in [2.24, 2.45) is 23.7 Å². The maximum Gasteiger partial charge on any atom is 0.246 e. The highest BCUT2D eigenvalue weighted by atomic mass is 16.5. The number of anilines is 1. The molecular formula is C35H43N3O4. The molecule has 2 aromatic rings. The Hall–Kier alpha value is -3.45. The summed E-state index contributed by atoms with van der Waals surface area (Å²) in [5.41, 5.74) is 1.81. The molecule has 2 aromatic carbocycles. The predicted molar refractivity (Wildman–Crippen MR) is 163 cm³/mol. The molecule has 0 radical (unpaired) electrons. The van der Waals surface area contributed by atoms with Crippen molar-refractivity contribution < 1.29 is 19.1 Å². The van der Waals surface area contributed by atoms with E-state index in [4.69, 9.17) is 4.74 Å². The quantitative estimate of drug-likeness (QED) is 0.434. The smallest absolute Gasteiger partial charge is 0.246 e. The standard InChI is InChI=1S/C35H43N3O4/c1-21(2)25-13-15-26(16-14-25)36-32(39)29-28-17-19-35(42-28)30(29)34(41)38(20-18-24-10-6-5-7-11-24)31(35)33(40)37-27-12-8-9-22(3)23(27)4/h5-7,10-11,13-17,19,21-23,27-31H,8-9,12,18,20H2,1-4H3,(H,36,39)(H,37,40)/t22-,23+,27+,28+,29-,30+,31+,35+/m0/s1. The monoisotopic (exact) mass is 569 g/mol. The second kappa shape index (κ2) is 11.3. The molecule has 7 heteroatoms. The van der Waals surface area contributed by atoms with Crippen LogP contribution in [0.1, 0.15) is 64.0 Å². The van der Waals surface area contributed by atoms with Crippen molar-refractivity contribution in [3.8, 4) is 0 Å². The molecule has 1 spiro atoms. The fourth-order valence-corrected chi connectivity index (χ4v) is 7.63. The van der Waals surface area contributed by atoms with E-state index in [1.54, 1.807) is 4.90 Å². The van der Waals surface area contributed by atoms with Crippen LogP contribution in [0.25, 0.3) is 0 Å². The zero-order chi connectivity index (χ0) is 29.6. The predicted octanol–water partition coefficient (Wildman–Crippen LogP) is 5.08. The normalized spacial score (nSPS) is 33.2. The minimum Gasteiger partial charge on any atom is -0.359 e. The summed E-state index contributed by atoms with van der Waals surface area (Å²) in [6.45, 7) is 9.08. The zero-order valence-electron chi connectivity index (χ0n) is 25.1. The van der Waals surface area contributed by atoms with Crippen molar-refractivity contribution in [3.63, 3.8) is 0 Å². The summed E-state index contributed by atoms with van der Waals surface area (Å²) < 4.78 is 6.53. The van der Waals surface area contributed by atoms with Crippen LogP contribution in [0.15, 0.2) is 66.7 Å². The number of nitrogens with one attached hydrogen (secondary N) is 2. The van der Waals surface area contributed by atoms with E-state index in [9.17, 15) is 14.4 Å². The van der Waals surface area contributed by atoms with Crippen molar-refractivity contribution in [1.29, 1.82) is 0 Å². The molecule has 6 rings (SSSR count). The number of nitrogens with zero attached hydrogens (tertiary/aromatic N) is 1. The van der Waals surface area contributed by atoms with E-state index in [0.29, 0.717) is 36.4 Å². The van der Waals surface area contributed by atoms with Crippen molar-refractivity contribution in [3.05, 3.63) is 77.9 Å². The number of hydrogen-bond donors (Lipinski definition) is 2. The number of amides is 3. The van der Waals surface area contributed by atoms with E-state index >= 15 is 0 Å². The van der Waals surface area contributed by atoms with Crippen molar-refractivity contribution in [1.82, 2.24) is 10.2 Å². The Balaban J connectivity index is 1.28. The van der Waals surface area contributed by atoms with E-state index in [-0.39, 0.29) is 23.8 Å². The number of fused-ring (bicyclic) bond motifs is 1. The molecule has 8 atom stereocenters. The summed E-state index contributed by atoms with van der Waals surface area (Å²) >= 11 is 0. The van der Waals surface area contributed by atoms with Crippen LogP contribution in [0.3, 0.4) is 0 Å². The number of carbonyl (C=O) groups is 3. The third-order valence-electron chi connectivity index (χ3n) is 10.3. The first kappa shape index (κ1) is 28.7. The SMILES string of the molecule is CC(C)c1ccc(NC(=O)[C@H]2[C@H]3C=C[C@@]4(O3)[C@H]2C(=O)N(CCc2ccccc2)[C@@H]4C(=O)N[C@@H]2CCC[C@H](C)[C@H]2C)cc1. The van der Waals surface area contributed by atoms with Crippen molar-refractivity contribution in [2.75, 3.05) is 11.9 Å². The van der Waals surface area contributed by atoms with Gasteiger partial charge in [0.2, 0.25) is 17.7 Å². The molecule has 3 heterocycles. The van der Waals surface area contributed by atoms with Crippen molar-refractivity contribution in [2.45, 2.75) is 83.1 Å². The van der Waals surface area contributed by atoms with Crippen LogP contribution in [0.2, 0.25) is 0 Å². The summed E-state index contributed by atoms with van der Waals surface area (Å²) in [6, 6.07) is 17.0. The van der Waals surface area contributed by atoms with E-state index in [0.717, 1.165) is 24.8 Å². The van der Waals surface area contributed by atoms with Crippen LogP contribution < -0.4 is 10.6 Å². The Morgan fingerprint density at radius 1 is 1.02 bits per heavy atom. The second-order valence-electron chi connectivity index (χ2n) is 13.1. The fraction of sp³-hybridized carbons (Fsp3) is 0.514. The second-order valence-corrected chi connectivity index (χ2v) is 13.1. The van der Waals surface area contributed by atoms with Gasteiger partial charge in [0.25, 0.3) is 0 Å². The molecular weight excluding hydrogens is 526 g/mol. The largest absolute Gasteiger partial charge is 0.359 e. The molecule has 4 aliphatic rings. The van der Waals surface area contributed by atoms with Gasteiger partial charge >= 0.3 is 0 Å². The first-order chi connectivity index (χ1) is 20.2. The van der Waals surface area contributed by atoms with Crippen molar-refractivity contribution >= 4 is 23.4 Å². The molecule has 42 heavy (non-hydrogen) atoms. The molecule has 1 aliphatic carbocycles. The lowest BCUT2D eigenvalue weighted by molar-refractivity contribution is -0.141. The summed E-state index contributed by atoms with van der Waals surface area (Å²) in [5.74, 6) is -0.813. The number of benzene rings is 2. The molecule has 3 aliphatic heterocycles. The zero-order valence-corrected chi connectivity index (χ0v) is 25.1. The van der Waals surface area contributed by atoms with E-state index in [2.05, 4.69) is 38.3 Å². The van der Waals surface area contributed by atoms with Gasteiger partial charge in [-0.05, 0) is 53.9 Å². The summed E-state index contributed by atoms with van der Waals surface area (Å²) in [6.07, 6.45) is 7.00. The average Bonchev–Trinajstić information content (AvgIpc) is 3.62. The highest BCUT2D eigenvalue weighted by molar-refractivity contribution is 6.02. The number of ether oxygens (including phenoxy) is 1. The van der Waals surface area contributed by atoms with Gasteiger partial charge in [0, 0.05) is 18.3 Å². The van der Waals surface area contributed by atoms with Crippen LogP contribution in [0, 0.1) is 23.7 Å². The molecule has 7 nitrogen and oxygen atoms in total. The number of likely N-dealkylation sites (tertiary alicyclic amines) is 1. The topological polar surface area (TPSA) is 87.7 Å². The first-order valence-corrected chi connectivity index (χ1v) is 15.6. The minimum atomic E-state index is -1.16. The molecule has 1 saturated carbocycles. The summed E-state index contributed by atoms with van der Waals surface area (Å²) in [7, 11) is 0. The average molecular weight is 570 g/mol. The molecule has 2 N–H and O–H groups in total. The van der Waals surface area contributed by atoms with Gasteiger partial charge < -0.3 is 20.3 Å². The van der Waals surface area contributed by atoms with Gasteiger partial charge in [-0.3, -0.25) is 14.4 Å². The minimum absolute atomic E-state index is 0.0539. The first-order valence-electron chi connectivity index (χ1n) is 15.6. The Bertz CT molecular complexity index is 1360. The van der Waals surface area contributed by atoms with Gasteiger partial charge in [-0.25, -0.2) is 0 Å². The highest BCUT2D eigenvalue weighted by Crippen LogP contribution is 2.55. The lowest BCUT2D eigenvalue weighted by atomic mass is 9.73. The molecule has 0 aromatic heterocycles. The Labute approximate surface area is 249 Å². The summed E-state index contributed by atoms with van der Waals surface area (Å²) in [4.78, 5) is 43.9. The van der Waals surface area contributed by atoms with Crippen LogP contribution in [-0.4, -0.2) is 53.0 Å². The van der Waals surface area contributed by atoms with Gasteiger partial charge in [-0.15, -0.1) is 0 Å². The lowest BCUT2D eigenvalue weighted by Gasteiger charge is -2.38. The lowest BCUT2D eigenvalue weighted by Crippen LogP contribution is -2.58. The maximum atomic E-state index is 14.3. The van der Waals surface area contributed by atoms with Crippen LogP contribution in [0.4, 0.5) is 5.69 Å². The highest BCUT2D eigenvalue weighted by Gasteiger charge is 2.72. The van der Waals surface area contributed by atoms with Crippen LogP contribution >= 0.6 is 0 Å². The third-order valence-corrected chi connectivity index (χ3v) is 10.3. The van der Waals surface area contributed by atoms with Gasteiger partial charge in [0.1, 0.15) is 11.6 Å². The molecule has 0 unspecified atom stereocenters. The van der Waals surface area contributed by atoms with Gasteiger partial charge in [-0.2, -0.15) is 0 Å². The summed E-state index contributed by atoms with van der Waals surface area (Å²) in [5, 5.41) is 6.36. The Morgan fingerprint density at radius 2 is 1.76 bits per heavy atom. The van der Waals surface area contributed by atoms with Crippen LogP contribution in [-0.2, 0) is 25.5 Å². The fourth-order valence-electron chi connectivity index (χ4n) is 7.63. The maximum absolute atomic E-state index is 14.3. The Morgan fingerprint density at radius 3 is 2.48 bits per heavy atom. The number of carbonyl (C=O) groups excluding carboxylic acids is 3. The van der Waals surface area contributed by atoms with E-state index in [1.165, 1.54) is 5.56 Å². The van der Waals surface area contributed by atoms with E-state index < -0.39 is 29.6 Å². The molecule has 3 amide bonds. The molecule has 2 bridgehead atoms. The third kappa shape index (κ3) is 4.96. The number of hydrogen-bond acceptors (Lipinski definition) is 4. The van der Waals surface area contributed by atoms with Gasteiger partial charge in [-0.1, -0.05) is 95.2 Å². The molecule has 3 fully saturated rings.